The van der Waals surface area contributed by atoms with E-state index in [1.54, 1.807) is 23.9 Å². The Hall–Kier alpha value is -3.52. The van der Waals surface area contributed by atoms with Gasteiger partial charge >= 0.3 is 24.4 Å². The van der Waals surface area contributed by atoms with Crippen molar-refractivity contribution in [3.63, 3.8) is 0 Å². The molecule has 34 heavy (non-hydrogen) atoms. The van der Waals surface area contributed by atoms with E-state index in [1.807, 2.05) is 0 Å². The number of rotatable bonds is 5. The van der Waals surface area contributed by atoms with Crippen molar-refractivity contribution in [3.8, 4) is 6.01 Å². The Bertz CT molecular complexity index is 1010. The number of ether oxygens (including phenoxy) is 1. The number of alkyl halides is 6. The zero-order valence-electron chi connectivity index (χ0n) is 18.1. The number of urea groups is 1. The van der Waals surface area contributed by atoms with Gasteiger partial charge in [0.15, 0.2) is 6.61 Å². The smallest absolute Gasteiger partial charge is 0.422 e. The summed E-state index contributed by atoms with van der Waals surface area (Å²) < 4.78 is 81.5. The van der Waals surface area contributed by atoms with Crippen LogP contribution in [0.25, 0.3) is 0 Å². The molecule has 3 rings (SSSR count). The molecule has 0 atom stereocenters. The third-order valence-electron chi connectivity index (χ3n) is 4.63. The Morgan fingerprint density at radius 1 is 1.06 bits per heavy atom. The Kier molecular flexibility index (Phi) is 7.21. The number of nitrogens with zero attached hydrogens (tertiary/aromatic N) is 6. The summed E-state index contributed by atoms with van der Waals surface area (Å²) in [7, 11) is 3.22. The van der Waals surface area contributed by atoms with Crippen molar-refractivity contribution in [3.05, 3.63) is 29.8 Å². The maximum atomic E-state index is 13.0. The van der Waals surface area contributed by atoms with Crippen LogP contribution < -0.4 is 15.0 Å². The zero-order chi connectivity index (χ0) is 25.1. The van der Waals surface area contributed by atoms with E-state index in [4.69, 9.17) is 0 Å². The number of piperazine rings is 1. The third-order valence-corrected chi connectivity index (χ3v) is 4.63. The number of benzene rings is 1. The molecule has 9 nitrogen and oxygen atoms in total. The molecule has 0 saturated carbocycles. The number of nitrogens with one attached hydrogen (secondary N) is 1. The van der Waals surface area contributed by atoms with Crippen LogP contribution in [-0.4, -0.2) is 83.8 Å². The molecule has 1 aromatic heterocycles. The lowest BCUT2D eigenvalue weighted by atomic mass is 10.2. The molecular formula is C19H21F6N7O2. The number of aromatic nitrogens is 3. The van der Waals surface area contributed by atoms with Gasteiger partial charge in [0.2, 0.25) is 11.9 Å². The molecule has 1 aliphatic heterocycles. The Labute approximate surface area is 190 Å². The Balaban J connectivity index is 1.84. The van der Waals surface area contributed by atoms with Gasteiger partial charge in [-0.05, 0) is 18.2 Å². The van der Waals surface area contributed by atoms with E-state index in [0.29, 0.717) is 13.1 Å². The van der Waals surface area contributed by atoms with Crippen molar-refractivity contribution in [1.29, 1.82) is 0 Å². The van der Waals surface area contributed by atoms with Gasteiger partial charge in [0.1, 0.15) is 0 Å². The van der Waals surface area contributed by atoms with E-state index in [2.05, 4.69) is 25.0 Å². The quantitative estimate of drug-likeness (QED) is 0.640. The molecule has 0 bridgehead atoms. The summed E-state index contributed by atoms with van der Waals surface area (Å²) in [6.45, 7) is -0.517. The maximum absolute atomic E-state index is 13.0. The molecule has 2 amide bonds. The van der Waals surface area contributed by atoms with Crippen LogP contribution in [-0.2, 0) is 6.18 Å². The van der Waals surface area contributed by atoms with Crippen LogP contribution in [0.3, 0.4) is 0 Å². The summed E-state index contributed by atoms with van der Waals surface area (Å²) in [4.78, 5) is 28.5. The molecule has 1 aliphatic rings. The molecule has 1 N–H and O–H groups in total. The zero-order valence-corrected chi connectivity index (χ0v) is 18.1. The van der Waals surface area contributed by atoms with Crippen molar-refractivity contribution >= 4 is 23.6 Å². The van der Waals surface area contributed by atoms with E-state index < -0.39 is 30.5 Å². The molecule has 0 unspecified atom stereocenters. The second-order valence-electron chi connectivity index (χ2n) is 7.50. The molecule has 1 saturated heterocycles. The lowest BCUT2D eigenvalue weighted by Gasteiger charge is -2.35. The summed E-state index contributed by atoms with van der Waals surface area (Å²) in [5.74, 6) is -0.341. The minimum absolute atomic E-state index is 0.0323. The first-order valence-corrected chi connectivity index (χ1v) is 9.93. The predicted octanol–water partition coefficient (Wildman–Crippen LogP) is 3.38. The van der Waals surface area contributed by atoms with E-state index in [9.17, 15) is 31.1 Å². The highest BCUT2D eigenvalue weighted by atomic mass is 19.4. The first-order chi connectivity index (χ1) is 15.8. The average Bonchev–Trinajstić information content (AvgIpc) is 2.76. The molecular weight excluding hydrogens is 472 g/mol. The number of halogens is 6. The van der Waals surface area contributed by atoms with Crippen molar-refractivity contribution < 1.29 is 35.9 Å². The predicted molar refractivity (Wildman–Crippen MR) is 109 cm³/mol. The average molecular weight is 493 g/mol. The largest absolute Gasteiger partial charge is 0.454 e. The highest BCUT2D eigenvalue weighted by molar-refractivity contribution is 5.74. The summed E-state index contributed by atoms with van der Waals surface area (Å²) in [5, 5.41) is 2.55. The highest BCUT2D eigenvalue weighted by Gasteiger charge is 2.31. The summed E-state index contributed by atoms with van der Waals surface area (Å²) in [6, 6.07) is 3.32. The fourth-order valence-corrected chi connectivity index (χ4v) is 3.04. The highest BCUT2D eigenvalue weighted by Crippen LogP contribution is 2.31. The van der Waals surface area contributed by atoms with E-state index in [-0.39, 0.29) is 36.7 Å². The summed E-state index contributed by atoms with van der Waals surface area (Å²) in [5.41, 5.74) is -0.961. The van der Waals surface area contributed by atoms with Gasteiger partial charge in [-0.3, -0.25) is 0 Å². The van der Waals surface area contributed by atoms with Crippen LogP contribution in [0.15, 0.2) is 24.3 Å². The summed E-state index contributed by atoms with van der Waals surface area (Å²) in [6.07, 6.45) is -9.24. The Morgan fingerprint density at radius 2 is 1.74 bits per heavy atom. The number of amides is 2. The third kappa shape index (κ3) is 6.74. The van der Waals surface area contributed by atoms with Crippen molar-refractivity contribution in [2.24, 2.45) is 0 Å². The molecule has 0 spiro atoms. The number of carbonyl (C=O) groups excluding carboxylic acids is 1. The topological polar surface area (TPSA) is 86.7 Å². The summed E-state index contributed by atoms with van der Waals surface area (Å²) >= 11 is 0. The van der Waals surface area contributed by atoms with Crippen LogP contribution in [0.4, 0.5) is 48.7 Å². The van der Waals surface area contributed by atoms with Crippen molar-refractivity contribution in [1.82, 2.24) is 24.8 Å². The normalized spacial score (nSPS) is 14.7. The monoisotopic (exact) mass is 493 g/mol. The second kappa shape index (κ2) is 9.77. The van der Waals surface area contributed by atoms with Gasteiger partial charge in [-0.1, -0.05) is 6.07 Å². The van der Waals surface area contributed by atoms with Gasteiger partial charge in [-0.2, -0.15) is 41.3 Å². The minimum atomic E-state index is -4.65. The number of carbonyl (C=O) groups is 1. The Morgan fingerprint density at radius 3 is 2.32 bits per heavy atom. The maximum Gasteiger partial charge on any atom is 0.422 e. The van der Waals surface area contributed by atoms with Gasteiger partial charge < -0.3 is 24.8 Å². The van der Waals surface area contributed by atoms with Gasteiger partial charge in [-0.25, -0.2) is 4.79 Å². The van der Waals surface area contributed by atoms with E-state index in [1.165, 1.54) is 11.0 Å². The van der Waals surface area contributed by atoms with E-state index >= 15 is 0 Å². The first-order valence-electron chi connectivity index (χ1n) is 9.93. The van der Waals surface area contributed by atoms with Gasteiger partial charge in [0.25, 0.3) is 0 Å². The number of anilines is 3. The van der Waals surface area contributed by atoms with Crippen LogP contribution >= 0.6 is 0 Å². The fraction of sp³-hybridized carbons (Fsp3) is 0.474. The van der Waals surface area contributed by atoms with Crippen LogP contribution in [0.2, 0.25) is 0 Å². The molecule has 15 heteroatoms. The lowest BCUT2D eigenvalue weighted by molar-refractivity contribution is -0.154. The molecule has 1 aromatic carbocycles. The van der Waals surface area contributed by atoms with Crippen LogP contribution in [0.1, 0.15) is 5.56 Å². The SMILES string of the molecule is CN(C)C(=O)N1CCN(c2nc(Nc3cccc(C(F)(F)F)c3)nc(OCC(F)(F)F)n2)CC1. The molecule has 2 heterocycles. The molecule has 186 valence electrons. The molecule has 2 aromatic rings. The first kappa shape index (κ1) is 25.1. The van der Waals surface area contributed by atoms with Crippen molar-refractivity contribution in [2.45, 2.75) is 12.4 Å². The minimum Gasteiger partial charge on any atom is -0.454 e. The van der Waals surface area contributed by atoms with Crippen LogP contribution in [0, 0.1) is 0 Å². The van der Waals surface area contributed by atoms with Crippen LogP contribution in [0.5, 0.6) is 6.01 Å². The number of hydrogen-bond acceptors (Lipinski definition) is 7. The van der Waals surface area contributed by atoms with E-state index in [0.717, 1.165) is 18.2 Å². The molecule has 1 fully saturated rings. The second-order valence-corrected chi connectivity index (χ2v) is 7.50. The van der Waals surface area contributed by atoms with Gasteiger partial charge in [-0.15, -0.1) is 0 Å². The van der Waals surface area contributed by atoms with Crippen molar-refractivity contribution in [2.75, 3.05) is 57.1 Å². The lowest BCUT2D eigenvalue weighted by Crippen LogP contribution is -2.51. The molecule has 0 aliphatic carbocycles. The van der Waals surface area contributed by atoms with Gasteiger partial charge in [0.05, 0.1) is 5.56 Å². The number of hydrogen-bond donors (Lipinski definition) is 1. The van der Waals surface area contributed by atoms with Gasteiger partial charge in [0, 0.05) is 46.0 Å². The molecule has 0 radical (unpaired) electrons. The standard InChI is InChI=1S/C19H21F6N7O2/c1-30(2)17(33)32-8-6-31(7-9-32)15-27-14(28-16(29-15)34-11-18(20,21)22)26-13-5-3-4-12(10-13)19(23,24)25/h3-5,10H,6-9,11H2,1-2H3,(H,26,27,28,29). The fourth-order valence-electron chi connectivity index (χ4n) is 3.04.